The third-order valence-electron chi connectivity index (χ3n) is 13.7. The smallest absolute Gasteiger partial charge is 0.0541 e. The molecule has 0 atom stereocenters. The van der Waals surface area contributed by atoms with Gasteiger partial charge in [-0.1, -0.05) is 158 Å². The zero-order valence-corrected chi connectivity index (χ0v) is 33.7. The normalized spacial score (nSPS) is 12.2. The molecule has 0 fully saturated rings. The SMILES string of the molecule is c1ccc2c(c1)-c1cc(-n3c4ccccc4c4ccccc43)ccc1-c1ccc(-n3c4ccccc4c4ccccc43)cc1-c1cc3c4ccccc4c4ccccc4c3cc1-2. The van der Waals surface area contributed by atoms with Crippen molar-refractivity contribution in [3.63, 3.8) is 0 Å². The van der Waals surface area contributed by atoms with Crippen molar-refractivity contribution >= 4 is 75.9 Å². The molecule has 0 aliphatic heterocycles. The summed E-state index contributed by atoms with van der Waals surface area (Å²) in [6.45, 7) is 0. The first-order chi connectivity index (χ1) is 30.8. The highest BCUT2D eigenvalue weighted by Crippen LogP contribution is 2.51. The highest BCUT2D eigenvalue weighted by Gasteiger charge is 2.26. The van der Waals surface area contributed by atoms with Crippen molar-refractivity contribution in [2.24, 2.45) is 0 Å². The average Bonchev–Trinajstić information content (AvgIpc) is 3.86. The van der Waals surface area contributed by atoms with Gasteiger partial charge in [0.25, 0.3) is 0 Å². The van der Waals surface area contributed by atoms with E-state index in [1.807, 2.05) is 0 Å². The maximum atomic E-state index is 2.50. The Labute approximate surface area is 357 Å². The lowest BCUT2D eigenvalue weighted by Crippen LogP contribution is -2.02. The van der Waals surface area contributed by atoms with E-state index in [-0.39, 0.29) is 0 Å². The van der Waals surface area contributed by atoms with E-state index in [4.69, 9.17) is 0 Å². The van der Waals surface area contributed by atoms with Crippen molar-refractivity contribution in [3.05, 3.63) is 218 Å². The Hall–Kier alpha value is -8.20. The topological polar surface area (TPSA) is 9.86 Å². The van der Waals surface area contributed by atoms with Crippen molar-refractivity contribution in [1.82, 2.24) is 9.13 Å². The predicted octanol–water partition coefficient (Wildman–Crippen LogP) is 16.3. The first-order valence-electron chi connectivity index (χ1n) is 21.5. The van der Waals surface area contributed by atoms with Gasteiger partial charge in [-0.2, -0.15) is 0 Å². The average molecular weight is 785 g/mol. The summed E-state index contributed by atoms with van der Waals surface area (Å²) in [4.78, 5) is 0. The van der Waals surface area contributed by atoms with Crippen LogP contribution >= 0.6 is 0 Å². The number of para-hydroxylation sites is 4. The van der Waals surface area contributed by atoms with E-state index >= 15 is 0 Å². The van der Waals surface area contributed by atoms with Crippen molar-refractivity contribution in [2.75, 3.05) is 0 Å². The molecular formula is C60H36N2. The lowest BCUT2D eigenvalue weighted by molar-refractivity contribution is 1.18. The molecule has 1 aliphatic rings. The van der Waals surface area contributed by atoms with E-state index in [2.05, 4.69) is 228 Å². The highest BCUT2D eigenvalue weighted by atomic mass is 15.0. The Morgan fingerprint density at radius 2 is 0.435 bits per heavy atom. The largest absolute Gasteiger partial charge is 0.309 e. The molecule has 11 aromatic carbocycles. The van der Waals surface area contributed by atoms with Gasteiger partial charge in [-0.25, -0.2) is 0 Å². The molecule has 2 heterocycles. The quantitative estimate of drug-likeness (QED) is 0.155. The lowest BCUT2D eigenvalue weighted by atomic mass is 9.79. The maximum absolute atomic E-state index is 2.50. The van der Waals surface area contributed by atoms with Crippen LogP contribution in [0.25, 0.3) is 132 Å². The van der Waals surface area contributed by atoms with Gasteiger partial charge >= 0.3 is 0 Å². The van der Waals surface area contributed by atoms with E-state index in [0.29, 0.717) is 0 Å². The van der Waals surface area contributed by atoms with Crippen LogP contribution in [0, 0.1) is 0 Å². The Kier molecular flexibility index (Phi) is 6.86. The lowest BCUT2D eigenvalue weighted by Gasteiger charge is -2.26. The van der Waals surface area contributed by atoms with Crippen LogP contribution in [0.2, 0.25) is 0 Å². The minimum atomic E-state index is 1.15. The molecule has 2 heteroatoms. The number of hydrogen-bond acceptors (Lipinski definition) is 0. The van der Waals surface area contributed by atoms with Crippen LogP contribution in [0.1, 0.15) is 0 Å². The molecule has 0 N–H and O–H groups in total. The maximum Gasteiger partial charge on any atom is 0.0541 e. The Morgan fingerprint density at radius 1 is 0.177 bits per heavy atom. The van der Waals surface area contributed by atoms with Gasteiger partial charge in [-0.3, -0.25) is 0 Å². The third-order valence-corrected chi connectivity index (χ3v) is 13.7. The van der Waals surface area contributed by atoms with Crippen LogP contribution in [0.5, 0.6) is 0 Å². The van der Waals surface area contributed by atoms with Crippen molar-refractivity contribution in [1.29, 1.82) is 0 Å². The molecule has 0 saturated carbocycles. The van der Waals surface area contributed by atoms with Crippen molar-refractivity contribution < 1.29 is 0 Å². The second-order valence-corrected chi connectivity index (χ2v) is 16.8. The van der Waals surface area contributed by atoms with Gasteiger partial charge in [0.15, 0.2) is 0 Å². The van der Waals surface area contributed by atoms with E-state index in [9.17, 15) is 0 Å². The molecule has 13 aromatic rings. The zero-order chi connectivity index (χ0) is 40.5. The van der Waals surface area contributed by atoms with Crippen LogP contribution in [-0.2, 0) is 0 Å². The Balaban J connectivity index is 1.13. The number of fused-ring (bicyclic) bond motifs is 20. The van der Waals surface area contributed by atoms with Gasteiger partial charge in [-0.15, -0.1) is 0 Å². The number of aromatic nitrogens is 2. The summed E-state index contributed by atoms with van der Waals surface area (Å²) >= 11 is 0. The van der Waals surface area contributed by atoms with Gasteiger partial charge in [0.2, 0.25) is 0 Å². The molecule has 1 aliphatic carbocycles. The first kappa shape index (κ1) is 33.6. The molecular weight excluding hydrogens is 749 g/mol. The zero-order valence-electron chi connectivity index (χ0n) is 33.7. The van der Waals surface area contributed by atoms with E-state index in [1.165, 1.54) is 120 Å². The molecule has 2 nitrogen and oxygen atoms in total. The van der Waals surface area contributed by atoms with Crippen molar-refractivity contribution in [3.8, 4) is 55.9 Å². The summed E-state index contributed by atoms with van der Waals surface area (Å²) in [6, 6.07) is 81.5. The number of benzene rings is 11. The van der Waals surface area contributed by atoms with Crippen LogP contribution < -0.4 is 0 Å². The minimum absolute atomic E-state index is 1.15. The second-order valence-electron chi connectivity index (χ2n) is 16.8. The summed E-state index contributed by atoms with van der Waals surface area (Å²) in [5, 5.41) is 12.7. The van der Waals surface area contributed by atoms with Gasteiger partial charge in [0, 0.05) is 32.9 Å². The molecule has 0 saturated heterocycles. The standard InChI is InChI=1S/C60H36N2/c1-3-17-41-39(15-1)40-16-2-4-18-42(40)54-36-56-52-34-38(62-59-27-13-9-23-49(59)50-24-10-14-28-60(50)62)30-32-46(52)45-31-29-37(33-51(45)43-19-5-6-20-44(43)55(56)35-53(41)54)61-57-25-11-7-21-47(57)48-22-8-12-26-58(48)61/h1-36H. The van der Waals surface area contributed by atoms with Gasteiger partial charge in [0.1, 0.15) is 0 Å². The van der Waals surface area contributed by atoms with Crippen LogP contribution in [0.4, 0.5) is 0 Å². The summed E-state index contributed by atoms with van der Waals surface area (Å²) in [6.07, 6.45) is 0. The fourth-order valence-corrected chi connectivity index (χ4v) is 11.0. The van der Waals surface area contributed by atoms with Crippen LogP contribution in [0.15, 0.2) is 218 Å². The fraction of sp³-hybridized carbons (Fsp3) is 0. The molecule has 14 rings (SSSR count). The predicted molar refractivity (Wildman–Crippen MR) is 263 cm³/mol. The molecule has 2 aromatic heterocycles. The molecule has 0 radical (unpaired) electrons. The second kappa shape index (κ2) is 12.7. The molecule has 0 spiro atoms. The molecule has 62 heavy (non-hydrogen) atoms. The third kappa shape index (κ3) is 4.58. The number of nitrogens with zero attached hydrogens (tertiary/aromatic N) is 2. The summed E-state index contributed by atoms with van der Waals surface area (Å²) in [5.41, 5.74) is 16.9. The highest BCUT2D eigenvalue weighted by molar-refractivity contribution is 6.27. The van der Waals surface area contributed by atoms with E-state index in [1.54, 1.807) is 0 Å². The van der Waals surface area contributed by atoms with Crippen molar-refractivity contribution in [2.45, 2.75) is 0 Å². The summed E-state index contributed by atoms with van der Waals surface area (Å²) in [7, 11) is 0. The summed E-state index contributed by atoms with van der Waals surface area (Å²) < 4.78 is 4.89. The molecule has 286 valence electrons. The van der Waals surface area contributed by atoms with E-state index in [0.717, 1.165) is 11.4 Å². The Bertz CT molecular complexity index is 3940. The number of hydrogen-bond donors (Lipinski definition) is 0. The molecule has 0 unspecified atom stereocenters. The van der Waals surface area contributed by atoms with E-state index < -0.39 is 0 Å². The van der Waals surface area contributed by atoms with Crippen LogP contribution in [-0.4, -0.2) is 9.13 Å². The summed E-state index contributed by atoms with van der Waals surface area (Å²) in [5.74, 6) is 0. The van der Waals surface area contributed by atoms with Gasteiger partial charge in [0.05, 0.1) is 22.1 Å². The Morgan fingerprint density at radius 3 is 0.823 bits per heavy atom. The fourth-order valence-electron chi connectivity index (χ4n) is 11.0. The minimum Gasteiger partial charge on any atom is -0.309 e. The molecule has 0 amide bonds. The monoisotopic (exact) mass is 784 g/mol. The van der Waals surface area contributed by atoms with Gasteiger partial charge in [-0.05, 0) is 137 Å². The number of rotatable bonds is 2. The van der Waals surface area contributed by atoms with Gasteiger partial charge < -0.3 is 9.13 Å². The van der Waals surface area contributed by atoms with Crippen LogP contribution in [0.3, 0.4) is 0 Å². The first-order valence-corrected chi connectivity index (χ1v) is 21.5. The molecule has 0 bridgehead atoms.